The van der Waals surface area contributed by atoms with Crippen molar-refractivity contribution in [1.29, 1.82) is 0 Å². The first-order valence-corrected chi connectivity index (χ1v) is 8.38. The van der Waals surface area contributed by atoms with Gasteiger partial charge in [0.05, 0.1) is 24.6 Å². The maximum absolute atomic E-state index is 12.4. The summed E-state index contributed by atoms with van der Waals surface area (Å²) in [6, 6.07) is 12.6. The summed E-state index contributed by atoms with van der Waals surface area (Å²) in [5, 5.41) is 6.18. The monoisotopic (exact) mass is 358 g/mol. The molecule has 0 aliphatic heterocycles. The summed E-state index contributed by atoms with van der Waals surface area (Å²) in [6.45, 7) is 1.93. The normalized spacial score (nSPS) is 18.4. The number of anilines is 2. The average molecular weight is 359 g/mol. The van der Waals surface area contributed by atoms with E-state index in [0.29, 0.717) is 22.9 Å². The van der Waals surface area contributed by atoms with Crippen molar-refractivity contribution in [2.24, 2.45) is 11.8 Å². The number of rotatable bonds is 5. The minimum atomic E-state index is -0.340. The third kappa shape index (κ3) is 3.94. The predicted octanol–water partition coefficient (Wildman–Crippen LogP) is 3.87. The highest BCUT2D eigenvalue weighted by Crippen LogP contribution is 2.41. The van der Waals surface area contributed by atoms with Gasteiger partial charge in [-0.25, -0.2) is 0 Å². The Kier molecular flexibility index (Phi) is 4.95. The summed E-state index contributed by atoms with van der Waals surface area (Å²) < 4.78 is 5.22. The predicted molar refractivity (Wildman–Crippen MR) is 98.0 cm³/mol. The van der Waals surface area contributed by atoms with E-state index in [2.05, 4.69) is 10.6 Å². The number of halogens is 1. The largest absolute Gasteiger partial charge is 0.495 e. The number of hydrogen-bond donors (Lipinski definition) is 2. The van der Waals surface area contributed by atoms with Crippen LogP contribution >= 0.6 is 11.6 Å². The Morgan fingerprint density at radius 1 is 1.04 bits per heavy atom. The van der Waals surface area contributed by atoms with Gasteiger partial charge in [-0.15, -0.1) is 0 Å². The average Bonchev–Trinajstić information content (AvgIpc) is 3.38. The van der Waals surface area contributed by atoms with Gasteiger partial charge in [0.1, 0.15) is 5.75 Å². The molecule has 0 aromatic heterocycles. The molecule has 2 amide bonds. The van der Waals surface area contributed by atoms with Crippen molar-refractivity contribution in [1.82, 2.24) is 0 Å². The molecule has 2 N–H and O–H groups in total. The lowest BCUT2D eigenvalue weighted by Crippen LogP contribution is -2.21. The summed E-state index contributed by atoms with van der Waals surface area (Å²) in [6.07, 6.45) is 0.534. The summed E-state index contributed by atoms with van der Waals surface area (Å²) in [5.41, 5.74) is 2.26. The van der Waals surface area contributed by atoms with E-state index in [0.717, 1.165) is 11.3 Å². The molecule has 0 radical (unpaired) electrons. The maximum atomic E-state index is 12.4. The van der Waals surface area contributed by atoms with Crippen LogP contribution in [0.1, 0.15) is 12.0 Å². The summed E-state index contributed by atoms with van der Waals surface area (Å²) in [7, 11) is 1.52. The van der Waals surface area contributed by atoms with Crippen LogP contribution in [0.15, 0.2) is 42.5 Å². The quantitative estimate of drug-likeness (QED) is 0.852. The van der Waals surface area contributed by atoms with Crippen LogP contribution in [0.5, 0.6) is 5.75 Å². The molecule has 1 aliphatic rings. The van der Waals surface area contributed by atoms with Gasteiger partial charge < -0.3 is 15.4 Å². The maximum Gasteiger partial charge on any atom is 0.228 e. The second-order valence-electron chi connectivity index (χ2n) is 6.09. The molecule has 1 aliphatic carbocycles. The highest BCUT2D eigenvalue weighted by molar-refractivity contribution is 6.31. The van der Waals surface area contributed by atoms with E-state index in [9.17, 15) is 9.59 Å². The van der Waals surface area contributed by atoms with Crippen LogP contribution in [-0.2, 0) is 9.59 Å². The standard InChI is InChI=1S/C19H19ClN2O3/c1-11-5-3-4-6-15(11)21-18(23)13-10-14(13)19(24)22-16-9-12(20)7-8-17(16)25-2/h3-9,13-14H,10H2,1-2H3,(H,21,23)(H,22,24). The number of benzene rings is 2. The Hall–Kier alpha value is -2.53. The van der Waals surface area contributed by atoms with Crippen molar-refractivity contribution >= 4 is 34.8 Å². The topological polar surface area (TPSA) is 67.4 Å². The van der Waals surface area contributed by atoms with Crippen molar-refractivity contribution in [2.75, 3.05) is 17.7 Å². The lowest BCUT2D eigenvalue weighted by atomic mass is 10.2. The van der Waals surface area contributed by atoms with Gasteiger partial charge in [0, 0.05) is 10.7 Å². The fraction of sp³-hybridized carbons (Fsp3) is 0.263. The Labute approximate surface area is 151 Å². The molecular weight excluding hydrogens is 340 g/mol. The molecular formula is C19H19ClN2O3. The Bertz CT molecular complexity index is 822. The third-order valence-electron chi connectivity index (χ3n) is 4.29. The van der Waals surface area contributed by atoms with E-state index in [1.165, 1.54) is 7.11 Å². The van der Waals surface area contributed by atoms with Crippen molar-refractivity contribution in [2.45, 2.75) is 13.3 Å². The van der Waals surface area contributed by atoms with Gasteiger partial charge in [-0.1, -0.05) is 29.8 Å². The molecule has 1 saturated carbocycles. The highest BCUT2D eigenvalue weighted by Gasteiger charge is 2.48. The van der Waals surface area contributed by atoms with Crippen molar-refractivity contribution < 1.29 is 14.3 Å². The van der Waals surface area contributed by atoms with Crippen LogP contribution in [-0.4, -0.2) is 18.9 Å². The zero-order chi connectivity index (χ0) is 18.0. The lowest BCUT2D eigenvalue weighted by Gasteiger charge is -2.11. The first kappa shape index (κ1) is 17.3. The molecule has 130 valence electrons. The number of carbonyl (C=O) groups is 2. The van der Waals surface area contributed by atoms with E-state index in [1.807, 2.05) is 31.2 Å². The molecule has 2 aromatic rings. The zero-order valence-electron chi connectivity index (χ0n) is 14.0. The number of aryl methyl sites for hydroxylation is 1. The molecule has 0 bridgehead atoms. The molecule has 0 heterocycles. The van der Waals surface area contributed by atoms with Crippen LogP contribution in [0.2, 0.25) is 5.02 Å². The summed E-state index contributed by atoms with van der Waals surface area (Å²) in [5.74, 6) is -0.463. The Morgan fingerprint density at radius 2 is 1.68 bits per heavy atom. The molecule has 2 atom stereocenters. The molecule has 1 fully saturated rings. The lowest BCUT2D eigenvalue weighted by molar-refractivity contribution is -0.122. The fourth-order valence-electron chi connectivity index (χ4n) is 2.72. The van der Waals surface area contributed by atoms with Gasteiger partial charge in [-0.05, 0) is 43.2 Å². The second-order valence-corrected chi connectivity index (χ2v) is 6.52. The van der Waals surface area contributed by atoms with Crippen molar-refractivity contribution in [3.8, 4) is 5.75 Å². The summed E-state index contributed by atoms with van der Waals surface area (Å²) >= 11 is 5.97. The Balaban J connectivity index is 1.62. The minimum absolute atomic E-state index is 0.132. The van der Waals surface area contributed by atoms with Gasteiger partial charge in [-0.2, -0.15) is 0 Å². The van der Waals surface area contributed by atoms with Gasteiger partial charge >= 0.3 is 0 Å². The smallest absolute Gasteiger partial charge is 0.228 e. The third-order valence-corrected chi connectivity index (χ3v) is 4.52. The Morgan fingerprint density at radius 3 is 2.32 bits per heavy atom. The number of hydrogen-bond acceptors (Lipinski definition) is 3. The van der Waals surface area contributed by atoms with Crippen molar-refractivity contribution in [3.05, 3.63) is 53.1 Å². The highest BCUT2D eigenvalue weighted by atomic mass is 35.5. The second kappa shape index (κ2) is 7.15. The number of ether oxygens (including phenoxy) is 1. The van der Waals surface area contributed by atoms with Crippen molar-refractivity contribution in [3.63, 3.8) is 0 Å². The first-order chi connectivity index (χ1) is 12.0. The molecule has 5 nitrogen and oxygen atoms in total. The van der Waals surface area contributed by atoms with Crippen LogP contribution in [0.4, 0.5) is 11.4 Å². The first-order valence-electron chi connectivity index (χ1n) is 8.00. The van der Waals surface area contributed by atoms with Crippen LogP contribution in [0, 0.1) is 18.8 Å². The molecule has 3 rings (SSSR count). The number of amides is 2. The molecule has 25 heavy (non-hydrogen) atoms. The van der Waals surface area contributed by atoms with Gasteiger partial charge in [0.2, 0.25) is 11.8 Å². The van der Waals surface area contributed by atoms with Crippen LogP contribution < -0.4 is 15.4 Å². The molecule has 6 heteroatoms. The van der Waals surface area contributed by atoms with Gasteiger partial charge in [0.25, 0.3) is 0 Å². The number of methoxy groups -OCH3 is 1. The van der Waals surface area contributed by atoms with E-state index in [4.69, 9.17) is 16.3 Å². The fourth-order valence-corrected chi connectivity index (χ4v) is 2.89. The van der Waals surface area contributed by atoms with E-state index < -0.39 is 0 Å². The number of para-hydroxylation sites is 1. The van der Waals surface area contributed by atoms with E-state index >= 15 is 0 Å². The molecule has 2 aromatic carbocycles. The molecule has 0 saturated heterocycles. The van der Waals surface area contributed by atoms with Gasteiger partial charge in [-0.3, -0.25) is 9.59 Å². The van der Waals surface area contributed by atoms with E-state index in [-0.39, 0.29) is 23.7 Å². The van der Waals surface area contributed by atoms with Crippen LogP contribution in [0.25, 0.3) is 0 Å². The molecule has 2 unspecified atom stereocenters. The van der Waals surface area contributed by atoms with E-state index in [1.54, 1.807) is 18.2 Å². The number of nitrogens with one attached hydrogen (secondary N) is 2. The SMILES string of the molecule is COc1ccc(Cl)cc1NC(=O)C1CC1C(=O)Nc1ccccc1C. The minimum Gasteiger partial charge on any atom is -0.495 e. The van der Waals surface area contributed by atoms with Gasteiger partial charge in [0.15, 0.2) is 0 Å². The zero-order valence-corrected chi connectivity index (χ0v) is 14.8. The molecule has 0 spiro atoms. The number of carbonyl (C=O) groups excluding carboxylic acids is 2. The summed E-state index contributed by atoms with van der Waals surface area (Å²) in [4.78, 5) is 24.7. The van der Waals surface area contributed by atoms with Crippen LogP contribution in [0.3, 0.4) is 0 Å².